The highest BCUT2D eigenvalue weighted by atomic mass is 32.2. The van der Waals surface area contributed by atoms with Crippen LogP contribution in [0.5, 0.6) is 11.5 Å². The molecule has 13 nitrogen and oxygen atoms in total. The molecule has 2 saturated carbocycles. The Bertz CT molecular complexity index is 2390. The number of anilines is 1. The number of rotatable bonds is 9. The van der Waals surface area contributed by atoms with Crippen molar-refractivity contribution in [3.05, 3.63) is 77.6 Å². The summed E-state index contributed by atoms with van der Waals surface area (Å²) in [5.41, 5.74) is 0.958. The third-order valence-corrected chi connectivity index (χ3v) is 14.9. The molecule has 2 aliphatic heterocycles. The number of allylic oxidation sites excluding steroid dienone is 1. The van der Waals surface area contributed by atoms with E-state index in [2.05, 4.69) is 20.3 Å². The van der Waals surface area contributed by atoms with Crippen molar-refractivity contribution in [2.24, 2.45) is 5.92 Å². The first-order valence-electron chi connectivity index (χ1n) is 19.7. The number of benzene rings is 2. The summed E-state index contributed by atoms with van der Waals surface area (Å²) in [5, 5.41) is 9.42. The summed E-state index contributed by atoms with van der Waals surface area (Å²) in [6.45, 7) is 3.53. The molecule has 3 amide bonds. The summed E-state index contributed by atoms with van der Waals surface area (Å²) >= 11 is 1.43. The average Bonchev–Trinajstić information content (AvgIpc) is 3.94. The van der Waals surface area contributed by atoms with Gasteiger partial charge in [-0.15, -0.1) is 11.3 Å². The number of aromatic nitrogens is 2. The van der Waals surface area contributed by atoms with E-state index >= 15 is 0 Å². The zero-order valence-corrected chi connectivity index (χ0v) is 34.3. The van der Waals surface area contributed by atoms with E-state index in [1.807, 2.05) is 36.6 Å². The van der Waals surface area contributed by atoms with Crippen LogP contribution in [0.15, 0.2) is 66.2 Å². The standard InChI is InChI=1S/C42H47FN6O7S2/c1-25-34(55-3)15-14-30-35(22-32(46-36(25)30)38-44-18-19-57-38)56-29-21-33-37(50)47-42(40(52)48-58(53,54)41(2)16-17-41)23-26(42)10-7-5-4-6-8-13-31(39(51)49(33)24-29)45-28-12-9-11-27(43)20-28/h7,9-12,14-15,18-20,22,26,29,31,33,45H,4-6,8,13,16-17,21,23-24H2,1-3H3,(H,47,50)(H,48,52)/t26-,29-,31+,33+,42-/m1/s1. The number of hydrogen-bond donors (Lipinski definition) is 3. The Hall–Kier alpha value is -5.09. The number of pyridine rings is 1. The minimum atomic E-state index is -4.00. The monoisotopic (exact) mass is 830 g/mol. The van der Waals surface area contributed by atoms with Crippen molar-refractivity contribution < 1.29 is 36.7 Å². The molecule has 306 valence electrons. The van der Waals surface area contributed by atoms with E-state index in [1.165, 1.54) is 28.4 Å². The Labute approximate surface area is 340 Å². The molecule has 8 rings (SSSR count). The van der Waals surface area contributed by atoms with Crippen LogP contribution < -0.4 is 24.8 Å². The van der Waals surface area contributed by atoms with Gasteiger partial charge in [0, 0.05) is 46.6 Å². The van der Waals surface area contributed by atoms with Crippen LogP contribution in [0.4, 0.5) is 10.1 Å². The second-order valence-corrected chi connectivity index (χ2v) is 19.1. The quantitative estimate of drug-likeness (QED) is 0.169. The maximum Gasteiger partial charge on any atom is 0.259 e. The molecule has 5 atom stereocenters. The van der Waals surface area contributed by atoms with E-state index in [9.17, 15) is 27.2 Å². The first-order valence-corrected chi connectivity index (χ1v) is 22.1. The van der Waals surface area contributed by atoms with Gasteiger partial charge in [-0.1, -0.05) is 31.1 Å². The lowest BCUT2D eigenvalue weighted by Gasteiger charge is -2.30. The maximum absolute atomic E-state index is 14.8. The second kappa shape index (κ2) is 15.6. The Morgan fingerprint density at radius 1 is 1.10 bits per heavy atom. The number of nitrogens with one attached hydrogen (secondary N) is 3. The molecule has 2 aliphatic carbocycles. The first-order chi connectivity index (χ1) is 27.8. The number of thiazole rings is 1. The smallest absolute Gasteiger partial charge is 0.259 e. The van der Waals surface area contributed by atoms with E-state index < -0.39 is 62.0 Å². The van der Waals surface area contributed by atoms with Crippen LogP contribution in [-0.2, 0) is 24.4 Å². The van der Waals surface area contributed by atoms with Crippen LogP contribution in [0.2, 0.25) is 0 Å². The largest absolute Gasteiger partial charge is 0.496 e. The number of fused-ring (bicyclic) bond motifs is 3. The Balaban J connectivity index is 1.15. The number of carbonyl (C=O) groups is 3. The Morgan fingerprint density at radius 2 is 1.93 bits per heavy atom. The summed E-state index contributed by atoms with van der Waals surface area (Å²) in [7, 11) is -2.40. The van der Waals surface area contributed by atoms with Gasteiger partial charge >= 0.3 is 0 Å². The van der Waals surface area contributed by atoms with Crippen molar-refractivity contribution in [3.8, 4) is 22.2 Å². The summed E-state index contributed by atoms with van der Waals surface area (Å²) in [6, 6.07) is 9.52. The van der Waals surface area contributed by atoms with Crippen molar-refractivity contribution in [2.45, 2.75) is 100 Å². The molecule has 0 unspecified atom stereocenters. The Kier molecular flexibility index (Phi) is 10.7. The van der Waals surface area contributed by atoms with Gasteiger partial charge < -0.3 is 25.0 Å². The van der Waals surface area contributed by atoms with Gasteiger partial charge in [-0.05, 0) is 82.7 Å². The van der Waals surface area contributed by atoms with Crippen LogP contribution in [0.1, 0.15) is 70.3 Å². The summed E-state index contributed by atoms with van der Waals surface area (Å²) in [6.07, 6.45) is 9.48. The fraction of sp³-hybridized carbons (Fsp3) is 0.452. The van der Waals surface area contributed by atoms with Gasteiger partial charge in [-0.25, -0.2) is 22.8 Å². The predicted octanol–water partition coefficient (Wildman–Crippen LogP) is 6.04. The van der Waals surface area contributed by atoms with Crippen LogP contribution in [0.3, 0.4) is 0 Å². The topological polar surface area (TPSA) is 169 Å². The van der Waals surface area contributed by atoms with Gasteiger partial charge in [-0.2, -0.15) is 0 Å². The molecule has 0 radical (unpaired) electrons. The number of carbonyl (C=O) groups excluding carboxylic acids is 3. The summed E-state index contributed by atoms with van der Waals surface area (Å²) in [5.74, 6) is -1.51. The molecule has 2 aromatic carbocycles. The molecule has 1 saturated heterocycles. The summed E-state index contributed by atoms with van der Waals surface area (Å²) < 4.78 is 54.4. The van der Waals surface area contributed by atoms with E-state index in [-0.39, 0.29) is 25.3 Å². The normalized spacial score (nSPS) is 25.8. The van der Waals surface area contributed by atoms with Crippen LogP contribution in [-0.4, -0.2) is 83.1 Å². The van der Waals surface area contributed by atoms with Crippen molar-refractivity contribution in [1.82, 2.24) is 24.9 Å². The van der Waals surface area contributed by atoms with Crippen LogP contribution >= 0.6 is 11.3 Å². The van der Waals surface area contributed by atoms with Gasteiger partial charge in [0.25, 0.3) is 5.91 Å². The molecule has 3 fully saturated rings. The molecule has 2 aromatic heterocycles. The highest BCUT2D eigenvalue weighted by molar-refractivity contribution is 7.91. The number of aryl methyl sites for hydroxylation is 1. The lowest BCUT2D eigenvalue weighted by Crippen LogP contribution is -2.58. The third kappa shape index (κ3) is 7.75. The number of ether oxygens (including phenoxy) is 2. The highest BCUT2D eigenvalue weighted by Gasteiger charge is 2.63. The molecule has 16 heteroatoms. The number of amides is 3. The molecule has 0 bridgehead atoms. The molecule has 58 heavy (non-hydrogen) atoms. The van der Waals surface area contributed by atoms with Crippen LogP contribution in [0, 0.1) is 18.7 Å². The van der Waals surface area contributed by atoms with E-state index in [0.717, 1.165) is 18.4 Å². The molecule has 3 N–H and O–H groups in total. The molecular formula is C42H47FN6O7S2. The number of sulfonamides is 1. The highest BCUT2D eigenvalue weighted by Crippen LogP contribution is 2.48. The molecular weight excluding hydrogens is 784 g/mol. The number of nitrogens with zero attached hydrogens (tertiary/aromatic N) is 3. The number of hydrogen-bond acceptors (Lipinski definition) is 11. The average molecular weight is 831 g/mol. The fourth-order valence-corrected chi connectivity index (χ4v) is 9.97. The predicted molar refractivity (Wildman–Crippen MR) is 218 cm³/mol. The number of methoxy groups -OCH3 is 1. The SMILES string of the molecule is COc1ccc2c(O[C@@H]3C[C@H]4C(=O)N[C@]5(C(=O)NS(=O)(=O)C6(C)CC6)C[C@H]5C=CCCCCC[C@H](Nc5cccc(F)c5)C(=O)N4C3)cc(-c3nccs3)nc2c1C. The van der Waals surface area contributed by atoms with E-state index in [0.29, 0.717) is 70.9 Å². The lowest BCUT2D eigenvalue weighted by atomic mass is 10.0. The van der Waals surface area contributed by atoms with Gasteiger partial charge in [0.15, 0.2) is 0 Å². The Morgan fingerprint density at radius 3 is 2.67 bits per heavy atom. The van der Waals surface area contributed by atoms with Crippen molar-refractivity contribution in [1.29, 1.82) is 0 Å². The lowest BCUT2D eigenvalue weighted by molar-refractivity contribution is -0.140. The van der Waals surface area contributed by atoms with Gasteiger partial charge in [0.1, 0.15) is 51.7 Å². The molecule has 4 aromatic rings. The van der Waals surface area contributed by atoms with E-state index in [1.54, 1.807) is 38.4 Å². The number of halogens is 1. The van der Waals surface area contributed by atoms with Crippen molar-refractivity contribution in [3.63, 3.8) is 0 Å². The van der Waals surface area contributed by atoms with Gasteiger partial charge in [-0.3, -0.25) is 19.1 Å². The zero-order valence-electron chi connectivity index (χ0n) is 32.6. The molecule has 0 spiro atoms. The summed E-state index contributed by atoms with van der Waals surface area (Å²) in [4.78, 5) is 54.2. The molecule has 4 aliphatic rings. The fourth-order valence-electron chi connectivity index (χ4n) is 8.06. The minimum absolute atomic E-state index is 0.0268. The molecule has 4 heterocycles. The van der Waals surface area contributed by atoms with Gasteiger partial charge in [0.05, 0.1) is 23.9 Å². The maximum atomic E-state index is 14.8. The van der Waals surface area contributed by atoms with Gasteiger partial charge in [0.2, 0.25) is 21.8 Å². The minimum Gasteiger partial charge on any atom is -0.496 e. The van der Waals surface area contributed by atoms with Crippen molar-refractivity contribution >= 4 is 55.7 Å². The first kappa shape index (κ1) is 39.7. The third-order valence-electron chi connectivity index (χ3n) is 12.0. The van der Waals surface area contributed by atoms with E-state index in [4.69, 9.17) is 14.5 Å². The second-order valence-electron chi connectivity index (χ2n) is 16.0. The van der Waals surface area contributed by atoms with Crippen molar-refractivity contribution in [2.75, 3.05) is 19.0 Å². The van der Waals surface area contributed by atoms with Crippen LogP contribution in [0.25, 0.3) is 21.6 Å². The zero-order chi connectivity index (χ0) is 40.8.